The SMILES string of the molecule is CCc1ccc(S(=O)(=O)NCCN(C(C)C)S(C)(=O)=O)s1. The number of nitrogens with one attached hydrogen (secondary N) is 1. The van der Waals surface area contributed by atoms with E-state index < -0.39 is 20.0 Å². The molecule has 0 aliphatic rings. The molecule has 0 aliphatic carbocycles. The van der Waals surface area contributed by atoms with Gasteiger partial charge in [-0.25, -0.2) is 21.6 Å². The first-order valence-electron chi connectivity index (χ1n) is 6.63. The van der Waals surface area contributed by atoms with Crippen molar-refractivity contribution < 1.29 is 16.8 Å². The third-order valence-corrected chi connectivity index (χ3v) is 7.52. The Balaban J connectivity index is 2.70. The lowest BCUT2D eigenvalue weighted by atomic mass is 10.4. The van der Waals surface area contributed by atoms with Gasteiger partial charge in [0.1, 0.15) is 4.21 Å². The Bertz CT molecular complexity index is 662. The Hall–Kier alpha value is -0.480. The van der Waals surface area contributed by atoms with Crippen LogP contribution in [0, 0.1) is 0 Å². The van der Waals surface area contributed by atoms with Crippen LogP contribution in [0.25, 0.3) is 0 Å². The van der Waals surface area contributed by atoms with E-state index in [0.29, 0.717) is 0 Å². The molecule has 0 aliphatic heterocycles. The van der Waals surface area contributed by atoms with E-state index in [0.717, 1.165) is 17.6 Å². The molecule has 122 valence electrons. The minimum atomic E-state index is -3.57. The zero-order valence-corrected chi connectivity index (χ0v) is 15.1. The molecule has 9 heteroatoms. The Labute approximate surface area is 131 Å². The Morgan fingerprint density at radius 1 is 1.24 bits per heavy atom. The highest BCUT2D eigenvalue weighted by molar-refractivity contribution is 7.91. The van der Waals surface area contributed by atoms with Crippen molar-refractivity contribution in [3.05, 3.63) is 17.0 Å². The van der Waals surface area contributed by atoms with Crippen LogP contribution >= 0.6 is 11.3 Å². The fraction of sp³-hybridized carbons (Fsp3) is 0.667. The Morgan fingerprint density at radius 2 is 1.86 bits per heavy atom. The first kappa shape index (κ1) is 18.6. The molecule has 0 radical (unpaired) electrons. The number of hydrogen-bond acceptors (Lipinski definition) is 5. The summed E-state index contributed by atoms with van der Waals surface area (Å²) in [6.07, 6.45) is 1.91. The molecule has 0 saturated heterocycles. The highest BCUT2D eigenvalue weighted by Crippen LogP contribution is 2.21. The molecule has 1 aromatic rings. The second-order valence-corrected chi connectivity index (χ2v) is 10.0. The van der Waals surface area contributed by atoms with Crippen molar-refractivity contribution in [2.75, 3.05) is 19.3 Å². The molecule has 0 spiro atoms. The zero-order valence-electron chi connectivity index (χ0n) is 12.7. The maximum atomic E-state index is 12.1. The molecule has 21 heavy (non-hydrogen) atoms. The molecule has 0 amide bonds. The van der Waals surface area contributed by atoms with Crippen LogP contribution in [0.4, 0.5) is 0 Å². The standard InChI is InChI=1S/C12H22N2O4S3/c1-5-11-6-7-12(19-11)21(17,18)13-8-9-14(10(2)3)20(4,15)16/h6-7,10,13H,5,8-9H2,1-4H3. The summed E-state index contributed by atoms with van der Waals surface area (Å²) in [6, 6.07) is 3.15. The van der Waals surface area contributed by atoms with Crippen LogP contribution in [0.15, 0.2) is 16.3 Å². The molecule has 0 unspecified atom stereocenters. The first-order valence-corrected chi connectivity index (χ1v) is 10.8. The predicted molar refractivity (Wildman–Crippen MR) is 85.6 cm³/mol. The lowest BCUT2D eigenvalue weighted by molar-refractivity contribution is 0.360. The number of nitrogens with zero attached hydrogens (tertiary/aromatic N) is 1. The molecule has 0 aromatic carbocycles. The molecule has 0 fully saturated rings. The average molecular weight is 355 g/mol. The molecule has 0 saturated carbocycles. The summed E-state index contributed by atoms with van der Waals surface area (Å²) in [5.41, 5.74) is 0. The predicted octanol–water partition coefficient (Wildman–Crippen LogP) is 1.26. The number of aryl methyl sites for hydroxylation is 1. The molecule has 1 aromatic heterocycles. The van der Waals surface area contributed by atoms with E-state index in [1.54, 1.807) is 26.0 Å². The maximum absolute atomic E-state index is 12.1. The average Bonchev–Trinajstić information content (AvgIpc) is 2.82. The summed E-state index contributed by atoms with van der Waals surface area (Å²) in [7, 11) is -6.91. The van der Waals surface area contributed by atoms with E-state index >= 15 is 0 Å². The van der Waals surface area contributed by atoms with Gasteiger partial charge in [-0.15, -0.1) is 11.3 Å². The molecular weight excluding hydrogens is 332 g/mol. The minimum absolute atomic E-state index is 0.0486. The maximum Gasteiger partial charge on any atom is 0.250 e. The third kappa shape index (κ3) is 5.33. The molecule has 0 bridgehead atoms. The highest BCUT2D eigenvalue weighted by atomic mass is 32.2. The Kier molecular flexibility index (Phi) is 6.36. The fourth-order valence-electron chi connectivity index (χ4n) is 1.86. The van der Waals surface area contributed by atoms with Gasteiger partial charge in [0, 0.05) is 24.0 Å². The molecule has 6 nitrogen and oxygen atoms in total. The van der Waals surface area contributed by atoms with Crippen LogP contribution in [-0.4, -0.2) is 46.5 Å². The van der Waals surface area contributed by atoms with Gasteiger partial charge in [0.15, 0.2) is 0 Å². The number of hydrogen-bond donors (Lipinski definition) is 1. The van der Waals surface area contributed by atoms with E-state index in [1.807, 2.05) is 6.92 Å². The number of sulfonamides is 2. The van der Waals surface area contributed by atoms with Gasteiger partial charge in [0.25, 0.3) is 0 Å². The van der Waals surface area contributed by atoms with Crippen molar-refractivity contribution in [2.45, 2.75) is 37.4 Å². The van der Waals surface area contributed by atoms with Crippen molar-refractivity contribution in [3.8, 4) is 0 Å². The van der Waals surface area contributed by atoms with E-state index in [1.165, 1.54) is 15.6 Å². The summed E-state index contributed by atoms with van der Waals surface area (Å²) in [5, 5.41) is 0. The molecule has 1 N–H and O–H groups in total. The van der Waals surface area contributed by atoms with Crippen LogP contribution in [0.2, 0.25) is 0 Å². The molecule has 1 rings (SSSR count). The van der Waals surface area contributed by atoms with E-state index in [2.05, 4.69) is 4.72 Å². The van der Waals surface area contributed by atoms with Crippen molar-refractivity contribution in [2.24, 2.45) is 0 Å². The monoisotopic (exact) mass is 354 g/mol. The van der Waals surface area contributed by atoms with Gasteiger partial charge in [-0.05, 0) is 32.4 Å². The van der Waals surface area contributed by atoms with Crippen molar-refractivity contribution in [1.29, 1.82) is 0 Å². The largest absolute Gasteiger partial charge is 0.250 e. The van der Waals surface area contributed by atoms with E-state index in [9.17, 15) is 16.8 Å². The second kappa shape index (κ2) is 7.19. The summed E-state index contributed by atoms with van der Waals surface area (Å²) >= 11 is 1.23. The minimum Gasteiger partial charge on any atom is -0.212 e. The molecular formula is C12H22N2O4S3. The number of rotatable bonds is 8. The summed E-state index contributed by atoms with van der Waals surface area (Å²) in [5.74, 6) is 0. The van der Waals surface area contributed by atoms with Gasteiger partial charge in [-0.3, -0.25) is 0 Å². The summed E-state index contributed by atoms with van der Waals surface area (Å²) in [6.45, 7) is 5.63. The summed E-state index contributed by atoms with van der Waals surface area (Å²) < 4.78 is 51.3. The van der Waals surface area contributed by atoms with Crippen molar-refractivity contribution in [3.63, 3.8) is 0 Å². The first-order chi connectivity index (χ1) is 9.58. The zero-order chi connectivity index (χ0) is 16.3. The number of thiophene rings is 1. The normalized spacial score (nSPS) is 13.2. The lowest BCUT2D eigenvalue weighted by Crippen LogP contribution is -2.41. The van der Waals surface area contributed by atoms with Crippen molar-refractivity contribution >= 4 is 31.4 Å². The smallest absolute Gasteiger partial charge is 0.212 e. The van der Waals surface area contributed by atoms with Gasteiger partial charge in [-0.1, -0.05) is 6.92 Å². The van der Waals surface area contributed by atoms with Crippen LogP contribution in [-0.2, 0) is 26.5 Å². The third-order valence-electron chi connectivity index (χ3n) is 2.88. The van der Waals surface area contributed by atoms with Crippen LogP contribution in [0.1, 0.15) is 25.6 Å². The van der Waals surface area contributed by atoms with E-state index in [4.69, 9.17) is 0 Å². The van der Waals surface area contributed by atoms with Gasteiger partial charge in [-0.2, -0.15) is 4.31 Å². The Morgan fingerprint density at radius 3 is 2.29 bits per heavy atom. The van der Waals surface area contributed by atoms with E-state index in [-0.39, 0.29) is 23.3 Å². The van der Waals surface area contributed by atoms with Gasteiger partial charge < -0.3 is 0 Å². The fourth-order valence-corrected chi connectivity index (χ4v) is 5.41. The highest BCUT2D eigenvalue weighted by Gasteiger charge is 2.21. The van der Waals surface area contributed by atoms with Crippen LogP contribution < -0.4 is 4.72 Å². The van der Waals surface area contributed by atoms with Crippen LogP contribution in [0.5, 0.6) is 0 Å². The summed E-state index contributed by atoms with van der Waals surface area (Å²) in [4.78, 5) is 0.996. The molecule has 0 atom stereocenters. The lowest BCUT2D eigenvalue weighted by Gasteiger charge is -2.23. The van der Waals surface area contributed by atoms with Gasteiger partial charge in [0.05, 0.1) is 6.26 Å². The second-order valence-electron chi connectivity index (χ2n) is 4.94. The topological polar surface area (TPSA) is 83.6 Å². The van der Waals surface area contributed by atoms with Gasteiger partial charge in [0.2, 0.25) is 20.0 Å². The molecule has 1 heterocycles. The van der Waals surface area contributed by atoms with Gasteiger partial charge >= 0.3 is 0 Å². The van der Waals surface area contributed by atoms with Crippen molar-refractivity contribution in [1.82, 2.24) is 9.03 Å². The van der Waals surface area contributed by atoms with Crippen LogP contribution in [0.3, 0.4) is 0 Å². The quantitative estimate of drug-likeness (QED) is 0.762.